The topological polar surface area (TPSA) is 18.5 Å². The average molecular weight is 267 g/mol. The highest BCUT2D eigenvalue weighted by Gasteiger charge is 2.45. The van der Waals surface area contributed by atoms with Crippen LogP contribution in [0.4, 0.5) is 0 Å². The minimum Gasteiger partial charge on any atom is -0.343 e. The maximum Gasteiger partial charge on any atom is 0.197 e. The Bertz CT molecular complexity index is 389. The van der Waals surface area contributed by atoms with E-state index < -0.39 is 5.79 Å². The van der Waals surface area contributed by atoms with E-state index in [4.69, 9.17) is 21.1 Å². The quantitative estimate of drug-likeness (QED) is 0.802. The monoisotopic (exact) mass is 266 g/mol. The van der Waals surface area contributed by atoms with Crippen LogP contribution in [0.15, 0.2) is 24.3 Å². The van der Waals surface area contributed by atoms with Crippen LogP contribution in [-0.4, -0.2) is 13.2 Å². The van der Waals surface area contributed by atoms with Gasteiger partial charge in [-0.1, -0.05) is 43.0 Å². The molecule has 3 rings (SSSR count). The van der Waals surface area contributed by atoms with Crippen molar-refractivity contribution < 1.29 is 9.47 Å². The lowest BCUT2D eigenvalue weighted by atomic mass is 9.80. The summed E-state index contributed by atoms with van der Waals surface area (Å²) in [6.07, 6.45) is 6.30. The molecule has 0 radical (unpaired) electrons. The van der Waals surface area contributed by atoms with Crippen LogP contribution in [0.2, 0.25) is 5.02 Å². The van der Waals surface area contributed by atoms with Gasteiger partial charge in [-0.25, -0.2) is 0 Å². The third-order valence-electron chi connectivity index (χ3n) is 4.11. The number of hydrogen-bond donors (Lipinski definition) is 0. The number of ether oxygens (including phenoxy) is 2. The predicted molar refractivity (Wildman–Crippen MR) is 71.6 cm³/mol. The molecule has 0 N–H and O–H groups in total. The van der Waals surface area contributed by atoms with Crippen molar-refractivity contribution in [3.05, 3.63) is 34.9 Å². The van der Waals surface area contributed by atoms with Crippen molar-refractivity contribution in [3.63, 3.8) is 0 Å². The zero-order chi connectivity index (χ0) is 12.4. The van der Waals surface area contributed by atoms with Gasteiger partial charge in [-0.15, -0.1) is 0 Å². The van der Waals surface area contributed by atoms with Crippen LogP contribution in [0.1, 0.15) is 37.7 Å². The molecule has 3 heteroatoms. The van der Waals surface area contributed by atoms with Crippen molar-refractivity contribution in [1.29, 1.82) is 0 Å². The van der Waals surface area contributed by atoms with Crippen molar-refractivity contribution in [2.75, 3.05) is 13.2 Å². The van der Waals surface area contributed by atoms with Gasteiger partial charge in [-0.2, -0.15) is 0 Å². The van der Waals surface area contributed by atoms with E-state index in [9.17, 15) is 0 Å². The Morgan fingerprint density at radius 2 is 1.56 bits per heavy atom. The van der Waals surface area contributed by atoms with Gasteiger partial charge in [0.2, 0.25) is 0 Å². The molecule has 2 nitrogen and oxygen atoms in total. The second-order valence-corrected chi connectivity index (χ2v) is 5.64. The zero-order valence-electron chi connectivity index (χ0n) is 10.5. The molecule has 0 atom stereocenters. The summed E-state index contributed by atoms with van der Waals surface area (Å²) in [6, 6.07) is 7.93. The molecule has 0 bridgehead atoms. The van der Waals surface area contributed by atoms with Gasteiger partial charge in [-0.05, 0) is 25.0 Å². The lowest BCUT2D eigenvalue weighted by molar-refractivity contribution is -0.211. The standard InChI is InChI=1S/C15H19ClO2/c16-14-8-6-13(7-9-14)15(17-10-11-18-15)12-4-2-1-3-5-12/h6-9,12H,1-5,10-11H2. The van der Waals surface area contributed by atoms with E-state index in [0.717, 1.165) is 10.6 Å². The van der Waals surface area contributed by atoms with Crippen molar-refractivity contribution in [1.82, 2.24) is 0 Å². The number of rotatable bonds is 2. The lowest BCUT2D eigenvalue weighted by Crippen LogP contribution is -2.37. The first-order valence-electron chi connectivity index (χ1n) is 6.85. The molecule has 1 aromatic carbocycles. The first-order chi connectivity index (χ1) is 8.81. The van der Waals surface area contributed by atoms with Gasteiger partial charge in [0.05, 0.1) is 13.2 Å². The van der Waals surface area contributed by atoms with E-state index in [1.807, 2.05) is 24.3 Å². The highest BCUT2D eigenvalue weighted by Crippen LogP contribution is 2.45. The van der Waals surface area contributed by atoms with E-state index >= 15 is 0 Å². The summed E-state index contributed by atoms with van der Waals surface area (Å²) in [6.45, 7) is 1.39. The van der Waals surface area contributed by atoms with Crippen molar-refractivity contribution in [2.24, 2.45) is 5.92 Å². The summed E-state index contributed by atoms with van der Waals surface area (Å²) in [5.74, 6) is -0.0275. The van der Waals surface area contributed by atoms with Crippen LogP contribution in [0.25, 0.3) is 0 Å². The van der Waals surface area contributed by atoms with Crippen LogP contribution >= 0.6 is 11.6 Å². The molecule has 2 fully saturated rings. The highest BCUT2D eigenvalue weighted by molar-refractivity contribution is 6.30. The smallest absolute Gasteiger partial charge is 0.197 e. The van der Waals surface area contributed by atoms with E-state index in [1.54, 1.807) is 0 Å². The van der Waals surface area contributed by atoms with Gasteiger partial charge in [0, 0.05) is 16.5 Å². The molecule has 1 aliphatic heterocycles. The molecule has 18 heavy (non-hydrogen) atoms. The zero-order valence-corrected chi connectivity index (χ0v) is 11.3. The number of hydrogen-bond acceptors (Lipinski definition) is 2. The van der Waals surface area contributed by atoms with E-state index in [-0.39, 0.29) is 0 Å². The highest BCUT2D eigenvalue weighted by atomic mass is 35.5. The molecule has 1 saturated heterocycles. The lowest BCUT2D eigenvalue weighted by Gasteiger charge is -2.38. The minimum absolute atomic E-state index is 0.481. The van der Waals surface area contributed by atoms with Gasteiger partial charge in [-0.3, -0.25) is 0 Å². The molecule has 1 saturated carbocycles. The van der Waals surface area contributed by atoms with Gasteiger partial charge in [0.15, 0.2) is 5.79 Å². The fourth-order valence-corrected chi connectivity index (χ4v) is 3.36. The Balaban J connectivity index is 1.92. The van der Waals surface area contributed by atoms with Gasteiger partial charge < -0.3 is 9.47 Å². The van der Waals surface area contributed by atoms with E-state index in [1.165, 1.54) is 32.1 Å². The SMILES string of the molecule is Clc1ccc(C2(C3CCCCC3)OCCO2)cc1. The Labute approximate surface area is 113 Å². The van der Waals surface area contributed by atoms with Crippen LogP contribution in [0, 0.1) is 5.92 Å². The van der Waals surface area contributed by atoms with E-state index in [0.29, 0.717) is 19.1 Å². The summed E-state index contributed by atoms with van der Waals surface area (Å²) < 4.78 is 12.1. The molecule has 98 valence electrons. The van der Waals surface area contributed by atoms with Crippen LogP contribution in [-0.2, 0) is 15.3 Å². The number of halogens is 1. The largest absolute Gasteiger partial charge is 0.343 e. The number of benzene rings is 1. The third kappa shape index (κ3) is 2.18. The molecular weight excluding hydrogens is 248 g/mol. The first kappa shape index (κ1) is 12.5. The molecule has 0 spiro atoms. The molecule has 1 heterocycles. The molecule has 0 aromatic heterocycles. The first-order valence-corrected chi connectivity index (χ1v) is 7.23. The molecule has 0 unspecified atom stereocenters. The fraction of sp³-hybridized carbons (Fsp3) is 0.600. The van der Waals surface area contributed by atoms with Crippen LogP contribution < -0.4 is 0 Å². The third-order valence-corrected chi connectivity index (χ3v) is 4.36. The maximum atomic E-state index is 6.04. The maximum absolute atomic E-state index is 6.04. The Morgan fingerprint density at radius 3 is 2.17 bits per heavy atom. The van der Waals surface area contributed by atoms with Crippen molar-refractivity contribution in [2.45, 2.75) is 37.9 Å². The Kier molecular flexibility index (Phi) is 3.60. The second-order valence-electron chi connectivity index (χ2n) is 5.21. The summed E-state index contributed by atoms with van der Waals surface area (Å²) in [4.78, 5) is 0. The summed E-state index contributed by atoms with van der Waals surface area (Å²) in [5.41, 5.74) is 1.12. The summed E-state index contributed by atoms with van der Waals surface area (Å²) in [5, 5.41) is 0.760. The average Bonchev–Trinajstić information content (AvgIpc) is 2.91. The Morgan fingerprint density at radius 1 is 0.944 bits per heavy atom. The molecular formula is C15H19ClO2. The summed E-state index contributed by atoms with van der Waals surface area (Å²) in [7, 11) is 0. The predicted octanol–water partition coefficient (Wildman–Crippen LogP) is 4.12. The van der Waals surface area contributed by atoms with Crippen molar-refractivity contribution >= 4 is 11.6 Å². The van der Waals surface area contributed by atoms with Gasteiger partial charge in [0.25, 0.3) is 0 Å². The minimum atomic E-state index is -0.509. The summed E-state index contributed by atoms with van der Waals surface area (Å²) >= 11 is 5.97. The Hall–Kier alpha value is -0.570. The molecule has 1 aliphatic carbocycles. The van der Waals surface area contributed by atoms with Crippen LogP contribution in [0.3, 0.4) is 0 Å². The molecule has 2 aliphatic rings. The normalized spacial score (nSPS) is 24.3. The molecule has 0 amide bonds. The van der Waals surface area contributed by atoms with Crippen LogP contribution in [0.5, 0.6) is 0 Å². The van der Waals surface area contributed by atoms with Gasteiger partial charge in [0.1, 0.15) is 0 Å². The van der Waals surface area contributed by atoms with E-state index in [2.05, 4.69) is 0 Å². The second kappa shape index (κ2) is 5.20. The molecule has 1 aromatic rings. The van der Waals surface area contributed by atoms with Crippen molar-refractivity contribution in [3.8, 4) is 0 Å². The van der Waals surface area contributed by atoms with Gasteiger partial charge >= 0.3 is 0 Å². The fourth-order valence-electron chi connectivity index (χ4n) is 3.23.